The number of nitrogens with two attached hydrogens (primary N) is 1. The van der Waals surface area contributed by atoms with Crippen LogP contribution < -0.4 is 5.73 Å². The SMILES string of the molecule is N[C@@H]1CCN(Cc2nccc3ccccc23)C1. The highest BCUT2D eigenvalue weighted by molar-refractivity contribution is 5.84. The van der Waals surface area contributed by atoms with Crippen molar-refractivity contribution in [3.63, 3.8) is 0 Å². The minimum absolute atomic E-state index is 0.338. The molecule has 0 aliphatic carbocycles. The zero-order chi connectivity index (χ0) is 11.7. The number of rotatable bonds is 2. The molecule has 2 aromatic rings. The van der Waals surface area contributed by atoms with E-state index in [-0.39, 0.29) is 0 Å². The van der Waals surface area contributed by atoms with Crippen LogP contribution in [0.2, 0.25) is 0 Å². The summed E-state index contributed by atoms with van der Waals surface area (Å²) in [4.78, 5) is 6.90. The van der Waals surface area contributed by atoms with Crippen molar-refractivity contribution in [2.45, 2.75) is 19.0 Å². The molecule has 1 saturated heterocycles. The molecular formula is C14H17N3. The molecule has 3 rings (SSSR count). The first-order valence-electron chi connectivity index (χ1n) is 6.13. The molecule has 0 unspecified atom stereocenters. The first kappa shape index (κ1) is 10.7. The predicted octanol–water partition coefficient (Wildman–Crippen LogP) is 1.77. The maximum absolute atomic E-state index is 5.93. The molecule has 0 amide bonds. The van der Waals surface area contributed by atoms with Crippen LogP contribution in [0, 0.1) is 0 Å². The molecule has 1 aliphatic rings. The Kier molecular flexibility index (Phi) is 2.79. The minimum Gasteiger partial charge on any atom is -0.326 e. The number of aromatic nitrogens is 1. The summed E-state index contributed by atoms with van der Waals surface area (Å²) in [7, 11) is 0. The van der Waals surface area contributed by atoms with Gasteiger partial charge in [-0.2, -0.15) is 0 Å². The lowest BCUT2D eigenvalue weighted by Gasteiger charge is -2.15. The Bertz CT molecular complexity index is 518. The van der Waals surface area contributed by atoms with Gasteiger partial charge in [-0.05, 0) is 17.9 Å². The van der Waals surface area contributed by atoms with Crippen LogP contribution in [0.3, 0.4) is 0 Å². The predicted molar refractivity (Wildman–Crippen MR) is 69.6 cm³/mol. The topological polar surface area (TPSA) is 42.1 Å². The molecule has 1 fully saturated rings. The van der Waals surface area contributed by atoms with Gasteiger partial charge in [0.05, 0.1) is 5.69 Å². The van der Waals surface area contributed by atoms with Gasteiger partial charge in [0.25, 0.3) is 0 Å². The van der Waals surface area contributed by atoms with E-state index >= 15 is 0 Å². The van der Waals surface area contributed by atoms with Crippen molar-refractivity contribution in [2.75, 3.05) is 13.1 Å². The summed E-state index contributed by atoms with van der Waals surface area (Å²) >= 11 is 0. The molecule has 1 aliphatic heterocycles. The Morgan fingerprint density at radius 1 is 1.29 bits per heavy atom. The third-order valence-electron chi connectivity index (χ3n) is 3.44. The van der Waals surface area contributed by atoms with E-state index in [0.29, 0.717) is 6.04 Å². The first-order chi connectivity index (χ1) is 8.33. The third-order valence-corrected chi connectivity index (χ3v) is 3.44. The molecule has 0 radical (unpaired) electrons. The maximum atomic E-state index is 5.93. The van der Waals surface area contributed by atoms with Gasteiger partial charge in [0.2, 0.25) is 0 Å². The highest BCUT2D eigenvalue weighted by Gasteiger charge is 2.19. The Morgan fingerprint density at radius 3 is 3.00 bits per heavy atom. The van der Waals surface area contributed by atoms with Gasteiger partial charge in [0, 0.05) is 37.3 Å². The second kappa shape index (κ2) is 4.43. The summed E-state index contributed by atoms with van der Waals surface area (Å²) in [5.74, 6) is 0. The van der Waals surface area contributed by atoms with E-state index in [0.717, 1.165) is 31.7 Å². The summed E-state index contributed by atoms with van der Waals surface area (Å²) in [6, 6.07) is 10.8. The number of hydrogen-bond acceptors (Lipinski definition) is 3. The number of benzene rings is 1. The van der Waals surface area contributed by atoms with Gasteiger partial charge in [0.15, 0.2) is 0 Å². The minimum atomic E-state index is 0.338. The van der Waals surface area contributed by atoms with Gasteiger partial charge in [-0.15, -0.1) is 0 Å². The van der Waals surface area contributed by atoms with Crippen LogP contribution in [0.15, 0.2) is 36.5 Å². The molecule has 17 heavy (non-hydrogen) atoms. The summed E-state index contributed by atoms with van der Waals surface area (Å²) in [5.41, 5.74) is 7.09. The van der Waals surface area contributed by atoms with Crippen molar-refractivity contribution in [1.82, 2.24) is 9.88 Å². The zero-order valence-electron chi connectivity index (χ0n) is 9.84. The lowest BCUT2D eigenvalue weighted by molar-refractivity contribution is 0.324. The molecular weight excluding hydrogens is 210 g/mol. The van der Waals surface area contributed by atoms with Crippen LogP contribution >= 0.6 is 0 Å². The summed E-state index contributed by atoms with van der Waals surface area (Å²) < 4.78 is 0. The van der Waals surface area contributed by atoms with Gasteiger partial charge >= 0.3 is 0 Å². The standard InChI is InChI=1S/C14H17N3/c15-12-6-8-17(9-12)10-14-13-4-2-1-3-11(13)5-7-16-14/h1-5,7,12H,6,8-10,15H2/t12-/m1/s1. The van der Waals surface area contributed by atoms with Crippen molar-refractivity contribution < 1.29 is 0 Å². The lowest BCUT2D eigenvalue weighted by atomic mass is 10.1. The van der Waals surface area contributed by atoms with Crippen LogP contribution in [0.25, 0.3) is 10.8 Å². The van der Waals surface area contributed by atoms with E-state index in [9.17, 15) is 0 Å². The highest BCUT2D eigenvalue weighted by atomic mass is 15.2. The molecule has 1 aromatic heterocycles. The van der Waals surface area contributed by atoms with Crippen LogP contribution in [-0.4, -0.2) is 29.0 Å². The third kappa shape index (κ3) is 2.16. The van der Waals surface area contributed by atoms with Crippen molar-refractivity contribution in [1.29, 1.82) is 0 Å². The number of likely N-dealkylation sites (tertiary alicyclic amines) is 1. The second-order valence-corrected chi connectivity index (χ2v) is 4.76. The molecule has 3 heteroatoms. The number of pyridine rings is 1. The molecule has 0 spiro atoms. The van der Waals surface area contributed by atoms with Crippen LogP contribution in [0.5, 0.6) is 0 Å². The fourth-order valence-corrected chi connectivity index (χ4v) is 2.53. The summed E-state index contributed by atoms with van der Waals surface area (Å²) in [6.07, 6.45) is 3.00. The van der Waals surface area contributed by atoms with E-state index in [2.05, 4.69) is 40.2 Å². The molecule has 2 heterocycles. The van der Waals surface area contributed by atoms with Gasteiger partial charge in [-0.1, -0.05) is 24.3 Å². The second-order valence-electron chi connectivity index (χ2n) is 4.76. The van der Waals surface area contributed by atoms with Crippen molar-refractivity contribution in [2.24, 2.45) is 5.73 Å². The molecule has 0 bridgehead atoms. The maximum Gasteiger partial charge on any atom is 0.0622 e. The fraction of sp³-hybridized carbons (Fsp3) is 0.357. The molecule has 2 N–H and O–H groups in total. The summed E-state index contributed by atoms with van der Waals surface area (Å²) in [5, 5.41) is 2.52. The van der Waals surface area contributed by atoms with Gasteiger partial charge in [-0.3, -0.25) is 9.88 Å². The normalized spacial score (nSPS) is 21.1. The van der Waals surface area contributed by atoms with Gasteiger partial charge in [-0.25, -0.2) is 0 Å². The number of hydrogen-bond donors (Lipinski definition) is 1. The Morgan fingerprint density at radius 2 is 2.18 bits per heavy atom. The largest absolute Gasteiger partial charge is 0.326 e. The number of nitrogens with zero attached hydrogens (tertiary/aromatic N) is 2. The van der Waals surface area contributed by atoms with E-state index < -0.39 is 0 Å². The van der Waals surface area contributed by atoms with Gasteiger partial charge in [0.1, 0.15) is 0 Å². The van der Waals surface area contributed by atoms with Crippen molar-refractivity contribution in [3.05, 3.63) is 42.2 Å². The van der Waals surface area contributed by atoms with Gasteiger partial charge < -0.3 is 5.73 Å². The van der Waals surface area contributed by atoms with E-state index in [1.165, 1.54) is 10.8 Å². The Labute approximate surface area is 101 Å². The summed E-state index contributed by atoms with van der Waals surface area (Å²) in [6.45, 7) is 2.99. The lowest BCUT2D eigenvalue weighted by Crippen LogP contribution is -2.26. The molecule has 0 saturated carbocycles. The van der Waals surface area contributed by atoms with Crippen LogP contribution in [0.4, 0.5) is 0 Å². The first-order valence-corrected chi connectivity index (χ1v) is 6.13. The zero-order valence-corrected chi connectivity index (χ0v) is 9.84. The van der Waals surface area contributed by atoms with E-state index in [1.807, 2.05) is 6.20 Å². The number of fused-ring (bicyclic) bond motifs is 1. The van der Waals surface area contributed by atoms with E-state index in [4.69, 9.17) is 5.73 Å². The van der Waals surface area contributed by atoms with Crippen LogP contribution in [-0.2, 0) is 6.54 Å². The Balaban J connectivity index is 1.90. The monoisotopic (exact) mass is 227 g/mol. The van der Waals surface area contributed by atoms with E-state index in [1.54, 1.807) is 0 Å². The average molecular weight is 227 g/mol. The average Bonchev–Trinajstić information content (AvgIpc) is 2.75. The molecule has 1 aromatic carbocycles. The fourth-order valence-electron chi connectivity index (χ4n) is 2.53. The highest BCUT2D eigenvalue weighted by Crippen LogP contribution is 2.19. The smallest absolute Gasteiger partial charge is 0.0622 e. The van der Waals surface area contributed by atoms with Crippen molar-refractivity contribution in [3.8, 4) is 0 Å². The molecule has 88 valence electrons. The van der Waals surface area contributed by atoms with Crippen LogP contribution in [0.1, 0.15) is 12.1 Å². The quantitative estimate of drug-likeness (QED) is 0.850. The Hall–Kier alpha value is -1.45. The molecule has 1 atom stereocenters. The molecule has 3 nitrogen and oxygen atoms in total. The van der Waals surface area contributed by atoms with Crippen molar-refractivity contribution >= 4 is 10.8 Å².